The molecule has 0 bridgehead atoms. The van der Waals surface area contributed by atoms with Gasteiger partial charge in [-0.25, -0.2) is 4.99 Å². The molecule has 1 aliphatic carbocycles. The van der Waals surface area contributed by atoms with Gasteiger partial charge in [0.15, 0.2) is 5.96 Å². The molecule has 0 saturated heterocycles. The Labute approximate surface area is 128 Å². The largest absolute Gasteiger partial charge is 0.357 e. The Morgan fingerprint density at radius 3 is 2.86 bits per heavy atom. The molecule has 0 aliphatic heterocycles. The molecule has 1 aromatic heterocycles. The van der Waals surface area contributed by atoms with E-state index in [-0.39, 0.29) is 0 Å². The average molecular weight is 291 g/mol. The van der Waals surface area contributed by atoms with Crippen molar-refractivity contribution in [3.8, 4) is 0 Å². The molecular weight excluding hydrogens is 262 g/mol. The van der Waals surface area contributed by atoms with Crippen LogP contribution in [0.1, 0.15) is 45.2 Å². The molecule has 1 aromatic rings. The molecule has 0 aromatic carbocycles. The van der Waals surface area contributed by atoms with Crippen LogP contribution in [0.3, 0.4) is 0 Å². The lowest BCUT2D eigenvalue weighted by Gasteiger charge is -2.29. The average Bonchev–Trinajstić information content (AvgIpc) is 2.89. The Hall–Kier alpha value is -1.52. The third-order valence-electron chi connectivity index (χ3n) is 4.49. The monoisotopic (exact) mass is 291 g/mol. The molecule has 1 heterocycles. The van der Waals surface area contributed by atoms with Gasteiger partial charge >= 0.3 is 0 Å². The molecule has 2 atom stereocenters. The SMILES string of the molecule is CCNC(=NCc1ccnn1C)NCC1CCCCC1C. The molecule has 118 valence electrons. The summed E-state index contributed by atoms with van der Waals surface area (Å²) in [6.45, 7) is 7.05. The molecule has 2 N–H and O–H groups in total. The van der Waals surface area contributed by atoms with E-state index >= 15 is 0 Å². The highest BCUT2D eigenvalue weighted by atomic mass is 15.3. The lowest BCUT2D eigenvalue weighted by Crippen LogP contribution is -2.41. The van der Waals surface area contributed by atoms with Crippen molar-refractivity contribution >= 4 is 5.96 Å². The summed E-state index contributed by atoms with van der Waals surface area (Å²) in [5.74, 6) is 2.52. The molecule has 0 spiro atoms. The van der Waals surface area contributed by atoms with Gasteiger partial charge in [0.25, 0.3) is 0 Å². The van der Waals surface area contributed by atoms with E-state index in [1.54, 1.807) is 0 Å². The maximum Gasteiger partial charge on any atom is 0.191 e. The van der Waals surface area contributed by atoms with Crippen LogP contribution in [0.5, 0.6) is 0 Å². The van der Waals surface area contributed by atoms with E-state index in [1.165, 1.54) is 25.7 Å². The minimum absolute atomic E-state index is 0.659. The van der Waals surface area contributed by atoms with Gasteiger partial charge in [-0.3, -0.25) is 4.68 Å². The van der Waals surface area contributed by atoms with Crippen molar-refractivity contribution in [3.63, 3.8) is 0 Å². The zero-order valence-corrected chi connectivity index (χ0v) is 13.6. The van der Waals surface area contributed by atoms with Gasteiger partial charge in [0.1, 0.15) is 0 Å². The van der Waals surface area contributed by atoms with Crippen LogP contribution in [0, 0.1) is 11.8 Å². The molecular formula is C16H29N5. The fourth-order valence-electron chi connectivity index (χ4n) is 2.98. The second-order valence-corrected chi connectivity index (χ2v) is 6.04. The predicted molar refractivity (Wildman–Crippen MR) is 87.1 cm³/mol. The number of aromatic nitrogens is 2. The summed E-state index contributed by atoms with van der Waals surface area (Å²) < 4.78 is 1.87. The summed E-state index contributed by atoms with van der Waals surface area (Å²) in [5, 5.41) is 11.0. The van der Waals surface area contributed by atoms with Gasteiger partial charge in [0.2, 0.25) is 0 Å². The van der Waals surface area contributed by atoms with E-state index in [9.17, 15) is 0 Å². The number of aryl methyl sites for hydroxylation is 1. The minimum Gasteiger partial charge on any atom is -0.357 e. The first kappa shape index (κ1) is 15.9. The molecule has 1 aliphatic rings. The molecule has 2 unspecified atom stereocenters. The minimum atomic E-state index is 0.659. The van der Waals surface area contributed by atoms with Crippen LogP contribution in [0.25, 0.3) is 0 Å². The van der Waals surface area contributed by atoms with Crippen LogP contribution in [0.4, 0.5) is 0 Å². The summed E-state index contributed by atoms with van der Waals surface area (Å²) in [4.78, 5) is 4.66. The highest BCUT2D eigenvalue weighted by molar-refractivity contribution is 5.79. The summed E-state index contributed by atoms with van der Waals surface area (Å²) in [6.07, 6.45) is 7.30. The normalized spacial score (nSPS) is 23.1. The lowest BCUT2D eigenvalue weighted by atomic mass is 9.80. The van der Waals surface area contributed by atoms with Crippen molar-refractivity contribution in [2.45, 2.75) is 46.1 Å². The Morgan fingerprint density at radius 2 is 2.19 bits per heavy atom. The summed E-state index contributed by atoms with van der Waals surface area (Å²) >= 11 is 0. The zero-order chi connectivity index (χ0) is 15.1. The van der Waals surface area contributed by atoms with Crippen LogP contribution in [0.15, 0.2) is 17.3 Å². The molecule has 0 radical (unpaired) electrons. The first-order chi connectivity index (χ1) is 10.2. The van der Waals surface area contributed by atoms with Gasteiger partial charge in [-0.1, -0.05) is 26.2 Å². The van der Waals surface area contributed by atoms with Crippen molar-refractivity contribution in [2.75, 3.05) is 13.1 Å². The first-order valence-electron chi connectivity index (χ1n) is 8.19. The zero-order valence-electron chi connectivity index (χ0n) is 13.6. The van der Waals surface area contributed by atoms with Gasteiger partial charge in [-0.05, 0) is 31.2 Å². The number of rotatable bonds is 5. The van der Waals surface area contributed by atoms with Crippen LogP contribution >= 0.6 is 0 Å². The summed E-state index contributed by atoms with van der Waals surface area (Å²) in [6, 6.07) is 2.01. The topological polar surface area (TPSA) is 54.2 Å². The Bertz CT molecular complexity index is 451. The quantitative estimate of drug-likeness (QED) is 0.646. The number of aliphatic imine (C=N–C) groups is 1. The molecule has 1 saturated carbocycles. The number of hydrogen-bond acceptors (Lipinski definition) is 2. The van der Waals surface area contributed by atoms with E-state index in [0.29, 0.717) is 6.54 Å². The van der Waals surface area contributed by atoms with Crippen molar-refractivity contribution in [3.05, 3.63) is 18.0 Å². The van der Waals surface area contributed by atoms with Gasteiger partial charge in [0.05, 0.1) is 12.2 Å². The fraction of sp³-hybridized carbons (Fsp3) is 0.750. The third-order valence-corrected chi connectivity index (χ3v) is 4.49. The molecule has 21 heavy (non-hydrogen) atoms. The third kappa shape index (κ3) is 4.76. The van der Waals surface area contributed by atoms with E-state index in [0.717, 1.165) is 36.6 Å². The second-order valence-electron chi connectivity index (χ2n) is 6.04. The van der Waals surface area contributed by atoms with E-state index < -0.39 is 0 Å². The maximum absolute atomic E-state index is 4.66. The maximum atomic E-state index is 4.66. The Balaban J connectivity index is 1.87. The summed E-state index contributed by atoms with van der Waals surface area (Å²) in [7, 11) is 1.95. The van der Waals surface area contributed by atoms with Gasteiger partial charge in [-0.15, -0.1) is 0 Å². The van der Waals surface area contributed by atoms with Gasteiger partial charge in [-0.2, -0.15) is 5.10 Å². The number of nitrogens with zero attached hydrogens (tertiary/aromatic N) is 3. The molecule has 1 fully saturated rings. The predicted octanol–water partition coefficient (Wildman–Crippen LogP) is 2.30. The Kier molecular flexibility index (Phi) is 6.08. The second kappa shape index (κ2) is 8.05. The van der Waals surface area contributed by atoms with E-state index in [1.807, 2.05) is 24.0 Å². The van der Waals surface area contributed by atoms with Crippen LogP contribution in [-0.2, 0) is 13.6 Å². The van der Waals surface area contributed by atoms with E-state index in [4.69, 9.17) is 0 Å². The van der Waals surface area contributed by atoms with E-state index in [2.05, 4.69) is 34.6 Å². The van der Waals surface area contributed by atoms with Crippen molar-refractivity contribution in [1.29, 1.82) is 0 Å². The van der Waals surface area contributed by atoms with Crippen molar-refractivity contribution in [1.82, 2.24) is 20.4 Å². The fourth-order valence-corrected chi connectivity index (χ4v) is 2.98. The number of nitrogens with one attached hydrogen (secondary N) is 2. The van der Waals surface area contributed by atoms with Crippen molar-refractivity contribution < 1.29 is 0 Å². The van der Waals surface area contributed by atoms with Crippen molar-refractivity contribution in [2.24, 2.45) is 23.9 Å². The van der Waals surface area contributed by atoms with Gasteiger partial charge in [0, 0.05) is 26.3 Å². The van der Waals surface area contributed by atoms with Crippen LogP contribution < -0.4 is 10.6 Å². The summed E-state index contributed by atoms with van der Waals surface area (Å²) in [5.41, 5.74) is 1.12. The van der Waals surface area contributed by atoms with Gasteiger partial charge < -0.3 is 10.6 Å². The lowest BCUT2D eigenvalue weighted by molar-refractivity contribution is 0.256. The number of guanidine groups is 1. The first-order valence-corrected chi connectivity index (χ1v) is 8.19. The highest BCUT2D eigenvalue weighted by Crippen LogP contribution is 2.28. The van der Waals surface area contributed by atoms with Crippen LogP contribution in [-0.4, -0.2) is 28.8 Å². The Morgan fingerprint density at radius 1 is 1.38 bits per heavy atom. The smallest absolute Gasteiger partial charge is 0.191 e. The highest BCUT2D eigenvalue weighted by Gasteiger charge is 2.21. The molecule has 2 rings (SSSR count). The molecule has 5 nitrogen and oxygen atoms in total. The standard InChI is InChI=1S/C16H29N5/c1-4-17-16(19-12-15-9-10-20-21(15)3)18-11-14-8-6-5-7-13(14)2/h9-10,13-14H,4-8,11-12H2,1-3H3,(H2,17,18,19). The van der Waals surface area contributed by atoms with Crippen LogP contribution in [0.2, 0.25) is 0 Å². The number of hydrogen-bond donors (Lipinski definition) is 2. The molecule has 5 heteroatoms. The molecule has 0 amide bonds.